The highest BCUT2D eigenvalue weighted by molar-refractivity contribution is 5.35. The van der Waals surface area contributed by atoms with E-state index in [1.54, 1.807) is 14.2 Å². The standard InChI is InChI=1S/C31H45N3O4/c1-32(2)31(26-9-6-10-28(19-26)38-23-36-3)17-15-30(16-18-31)22-33(20-25-11-13-27(37-4)14-12-25)29(35)34(30)21-24-7-5-8-24/h6,9-14,19,24,29,35H,5,7-8,15-18,20-23H2,1-4H3/t29?,30-,31+. The minimum Gasteiger partial charge on any atom is -0.497 e. The fourth-order valence-electron chi connectivity index (χ4n) is 6.91. The van der Waals surface area contributed by atoms with E-state index >= 15 is 0 Å². The van der Waals surface area contributed by atoms with Crippen molar-refractivity contribution >= 4 is 0 Å². The van der Waals surface area contributed by atoms with Gasteiger partial charge in [0.2, 0.25) is 0 Å². The molecule has 5 rings (SSSR count). The van der Waals surface area contributed by atoms with Gasteiger partial charge >= 0.3 is 0 Å². The maximum Gasteiger partial charge on any atom is 0.188 e. The fraction of sp³-hybridized carbons (Fsp3) is 0.613. The summed E-state index contributed by atoms with van der Waals surface area (Å²) in [4.78, 5) is 7.15. The summed E-state index contributed by atoms with van der Waals surface area (Å²) in [6.07, 6.45) is 7.53. The lowest BCUT2D eigenvalue weighted by atomic mass is 9.68. The van der Waals surface area contributed by atoms with E-state index in [9.17, 15) is 5.11 Å². The van der Waals surface area contributed by atoms with E-state index in [0.29, 0.717) is 5.92 Å². The molecular weight excluding hydrogens is 478 g/mol. The summed E-state index contributed by atoms with van der Waals surface area (Å²) in [6.45, 7) is 2.88. The van der Waals surface area contributed by atoms with Crippen LogP contribution in [0.25, 0.3) is 0 Å². The van der Waals surface area contributed by atoms with Crippen LogP contribution in [0.2, 0.25) is 0 Å². The van der Waals surface area contributed by atoms with Gasteiger partial charge in [-0.15, -0.1) is 0 Å². The summed E-state index contributed by atoms with van der Waals surface area (Å²) in [5, 5.41) is 11.7. The van der Waals surface area contributed by atoms with E-state index in [1.807, 2.05) is 18.2 Å². The summed E-state index contributed by atoms with van der Waals surface area (Å²) in [5.74, 6) is 2.42. The zero-order valence-corrected chi connectivity index (χ0v) is 23.6. The zero-order valence-electron chi connectivity index (χ0n) is 23.6. The van der Waals surface area contributed by atoms with Crippen LogP contribution in [0.1, 0.15) is 56.1 Å². The highest BCUT2D eigenvalue weighted by atomic mass is 16.7. The Kier molecular flexibility index (Phi) is 8.31. The van der Waals surface area contributed by atoms with Crippen LogP contribution in [0.5, 0.6) is 11.5 Å². The quantitative estimate of drug-likeness (QED) is 0.455. The Labute approximate surface area is 228 Å². The Balaban J connectivity index is 1.37. The number of hydrogen-bond acceptors (Lipinski definition) is 7. The van der Waals surface area contributed by atoms with Crippen LogP contribution in [-0.4, -0.2) is 79.9 Å². The predicted octanol–water partition coefficient (Wildman–Crippen LogP) is 4.64. The Hall–Kier alpha value is -2.16. The van der Waals surface area contributed by atoms with Crippen molar-refractivity contribution < 1.29 is 19.3 Å². The second-order valence-electron chi connectivity index (χ2n) is 11.8. The predicted molar refractivity (Wildman–Crippen MR) is 149 cm³/mol. The molecule has 1 spiro atoms. The van der Waals surface area contributed by atoms with E-state index < -0.39 is 6.35 Å². The summed E-state index contributed by atoms with van der Waals surface area (Å²) in [5.41, 5.74) is 2.43. The molecule has 3 aliphatic rings. The van der Waals surface area contributed by atoms with Crippen LogP contribution in [0.3, 0.4) is 0 Å². The molecule has 1 aliphatic heterocycles. The number of hydrogen-bond donors (Lipinski definition) is 1. The molecule has 0 aromatic heterocycles. The van der Waals surface area contributed by atoms with Crippen LogP contribution < -0.4 is 9.47 Å². The molecule has 1 saturated heterocycles. The Morgan fingerprint density at radius 3 is 2.32 bits per heavy atom. The first-order valence-corrected chi connectivity index (χ1v) is 14.1. The molecule has 0 amide bonds. The highest BCUT2D eigenvalue weighted by Crippen LogP contribution is 2.50. The molecule has 1 atom stereocenters. The van der Waals surface area contributed by atoms with Crippen molar-refractivity contribution in [3.05, 3.63) is 59.7 Å². The molecule has 7 nitrogen and oxygen atoms in total. The second kappa shape index (κ2) is 11.5. The number of benzene rings is 2. The SMILES string of the molecule is COCOc1cccc([C@]2(N(C)C)CC[C@@]3(CC2)CN(Cc2ccc(OC)cc2)C(O)N3CC2CCC2)c1. The first-order valence-electron chi connectivity index (χ1n) is 14.1. The van der Waals surface area contributed by atoms with E-state index in [4.69, 9.17) is 14.2 Å². The monoisotopic (exact) mass is 523 g/mol. The lowest BCUT2D eigenvalue weighted by molar-refractivity contribution is -0.104. The minimum atomic E-state index is -0.546. The molecule has 1 heterocycles. The molecule has 2 saturated carbocycles. The number of nitrogens with zero attached hydrogens (tertiary/aromatic N) is 3. The molecule has 208 valence electrons. The van der Waals surface area contributed by atoms with Crippen molar-refractivity contribution in [1.82, 2.24) is 14.7 Å². The molecule has 2 aliphatic carbocycles. The van der Waals surface area contributed by atoms with E-state index in [-0.39, 0.29) is 17.9 Å². The highest BCUT2D eigenvalue weighted by Gasteiger charge is 2.55. The van der Waals surface area contributed by atoms with Gasteiger partial charge < -0.3 is 19.3 Å². The van der Waals surface area contributed by atoms with Crippen molar-refractivity contribution in [2.75, 3.05) is 48.2 Å². The van der Waals surface area contributed by atoms with Gasteiger partial charge in [0.15, 0.2) is 13.1 Å². The van der Waals surface area contributed by atoms with E-state index in [0.717, 1.165) is 56.8 Å². The number of aliphatic hydroxyl groups is 1. The van der Waals surface area contributed by atoms with Crippen molar-refractivity contribution in [3.63, 3.8) is 0 Å². The van der Waals surface area contributed by atoms with Gasteiger partial charge in [-0.1, -0.05) is 30.7 Å². The molecule has 2 aromatic carbocycles. The lowest BCUT2D eigenvalue weighted by Crippen LogP contribution is -2.57. The van der Waals surface area contributed by atoms with Crippen molar-refractivity contribution in [2.45, 2.75) is 68.9 Å². The summed E-state index contributed by atoms with van der Waals surface area (Å²) in [6, 6.07) is 16.8. The van der Waals surface area contributed by atoms with Crippen LogP contribution in [0, 0.1) is 5.92 Å². The van der Waals surface area contributed by atoms with Gasteiger partial charge in [0.05, 0.1) is 7.11 Å². The zero-order chi connectivity index (χ0) is 26.8. The van der Waals surface area contributed by atoms with Gasteiger partial charge in [0, 0.05) is 37.8 Å². The minimum absolute atomic E-state index is 0.00878. The van der Waals surface area contributed by atoms with Crippen LogP contribution in [0.15, 0.2) is 48.5 Å². The van der Waals surface area contributed by atoms with Crippen molar-refractivity contribution in [1.29, 1.82) is 0 Å². The van der Waals surface area contributed by atoms with E-state index in [1.165, 1.54) is 30.4 Å². The molecule has 0 bridgehead atoms. The third-order valence-corrected chi connectivity index (χ3v) is 9.52. The third kappa shape index (κ3) is 5.32. The third-order valence-electron chi connectivity index (χ3n) is 9.52. The summed E-state index contributed by atoms with van der Waals surface area (Å²) < 4.78 is 16.3. The first kappa shape index (κ1) is 27.4. The maximum atomic E-state index is 11.7. The topological polar surface area (TPSA) is 57.6 Å². The maximum absolute atomic E-state index is 11.7. The normalized spacial score (nSPS) is 28.6. The molecule has 7 heteroatoms. The van der Waals surface area contributed by atoms with Crippen molar-refractivity contribution in [3.8, 4) is 11.5 Å². The van der Waals surface area contributed by atoms with Crippen LogP contribution in [-0.2, 0) is 16.8 Å². The van der Waals surface area contributed by atoms with Gasteiger partial charge in [-0.25, -0.2) is 0 Å². The molecule has 1 N–H and O–H groups in total. The average molecular weight is 524 g/mol. The molecule has 3 fully saturated rings. The number of rotatable bonds is 10. The van der Waals surface area contributed by atoms with Gasteiger partial charge in [0.1, 0.15) is 11.5 Å². The first-order chi connectivity index (χ1) is 18.4. The largest absolute Gasteiger partial charge is 0.497 e. The second-order valence-corrected chi connectivity index (χ2v) is 11.8. The summed E-state index contributed by atoms with van der Waals surface area (Å²) in [7, 11) is 7.74. The lowest BCUT2D eigenvalue weighted by Gasteiger charge is -2.52. The van der Waals surface area contributed by atoms with Gasteiger partial charge in [0.25, 0.3) is 0 Å². The van der Waals surface area contributed by atoms with Crippen molar-refractivity contribution in [2.24, 2.45) is 5.92 Å². The van der Waals surface area contributed by atoms with Gasteiger partial charge in [-0.2, -0.15) is 0 Å². The number of ether oxygens (including phenoxy) is 3. The van der Waals surface area contributed by atoms with Crippen LogP contribution in [0.4, 0.5) is 0 Å². The molecule has 38 heavy (non-hydrogen) atoms. The number of methoxy groups -OCH3 is 2. The Morgan fingerprint density at radius 1 is 0.974 bits per heavy atom. The Morgan fingerprint density at radius 2 is 1.71 bits per heavy atom. The molecule has 0 radical (unpaired) electrons. The molecular formula is C31H45N3O4. The molecule has 2 aromatic rings. The van der Waals surface area contributed by atoms with E-state index in [2.05, 4.69) is 59.1 Å². The smallest absolute Gasteiger partial charge is 0.188 e. The Bertz CT molecular complexity index is 1050. The van der Waals surface area contributed by atoms with Gasteiger partial charge in [-0.3, -0.25) is 14.7 Å². The number of aliphatic hydroxyl groups excluding tert-OH is 1. The summed E-state index contributed by atoms with van der Waals surface area (Å²) >= 11 is 0. The van der Waals surface area contributed by atoms with Crippen LogP contribution >= 0.6 is 0 Å². The average Bonchev–Trinajstić information content (AvgIpc) is 3.15. The molecule has 1 unspecified atom stereocenters. The van der Waals surface area contributed by atoms with Gasteiger partial charge in [-0.05, 0) is 93.9 Å². The fourth-order valence-corrected chi connectivity index (χ4v) is 6.91.